The van der Waals surface area contributed by atoms with E-state index in [-0.39, 0.29) is 30.8 Å². The van der Waals surface area contributed by atoms with Crippen LogP contribution in [0.25, 0.3) is 0 Å². The second-order valence-electron chi connectivity index (χ2n) is 6.56. The summed E-state index contributed by atoms with van der Waals surface area (Å²) in [6.07, 6.45) is 3.03. The first-order chi connectivity index (χ1) is 14.1. The maximum atomic E-state index is 12.3. The molecule has 8 nitrogen and oxygen atoms in total. The van der Waals surface area contributed by atoms with E-state index in [1.54, 1.807) is 41.4 Å². The Morgan fingerprint density at radius 1 is 1.17 bits per heavy atom. The largest absolute Gasteiger partial charge is 0.478 e. The Labute approximate surface area is 169 Å². The Bertz CT molecular complexity index is 883. The van der Waals surface area contributed by atoms with Crippen molar-refractivity contribution in [2.24, 2.45) is 0 Å². The second kappa shape index (κ2) is 9.68. The molecule has 0 bridgehead atoms. The number of pyridine rings is 1. The van der Waals surface area contributed by atoms with Crippen LogP contribution < -0.4 is 20.3 Å². The van der Waals surface area contributed by atoms with Gasteiger partial charge >= 0.3 is 0 Å². The number of hydrogen-bond acceptors (Lipinski definition) is 5. The van der Waals surface area contributed by atoms with Crippen LogP contribution in [-0.2, 0) is 16.1 Å². The highest BCUT2D eigenvalue weighted by molar-refractivity contribution is 5.98. The number of carbonyl (C=O) groups is 3. The van der Waals surface area contributed by atoms with Crippen molar-refractivity contribution in [3.63, 3.8) is 0 Å². The molecule has 0 saturated carbocycles. The van der Waals surface area contributed by atoms with Gasteiger partial charge in [-0.15, -0.1) is 0 Å². The van der Waals surface area contributed by atoms with Gasteiger partial charge < -0.3 is 20.3 Å². The Hall–Kier alpha value is -3.42. The topological polar surface area (TPSA) is 101 Å². The van der Waals surface area contributed by atoms with Crippen LogP contribution in [0.1, 0.15) is 35.7 Å². The number of rotatable bonds is 8. The van der Waals surface area contributed by atoms with Gasteiger partial charge in [0.15, 0.2) is 0 Å². The van der Waals surface area contributed by atoms with E-state index < -0.39 is 0 Å². The van der Waals surface area contributed by atoms with E-state index in [2.05, 4.69) is 15.6 Å². The van der Waals surface area contributed by atoms with Gasteiger partial charge in [-0.05, 0) is 43.7 Å². The molecule has 29 heavy (non-hydrogen) atoms. The van der Waals surface area contributed by atoms with Crippen molar-refractivity contribution in [1.29, 1.82) is 0 Å². The number of amides is 3. The second-order valence-corrected chi connectivity index (χ2v) is 6.56. The first-order valence-electron chi connectivity index (χ1n) is 9.60. The molecule has 1 aliphatic heterocycles. The molecule has 1 aromatic heterocycles. The number of nitrogens with one attached hydrogen (secondary N) is 2. The number of benzene rings is 1. The molecule has 1 aromatic carbocycles. The quantitative estimate of drug-likeness (QED) is 0.707. The fraction of sp³-hybridized carbons (Fsp3) is 0.333. The lowest BCUT2D eigenvalue weighted by Gasteiger charge is -2.15. The van der Waals surface area contributed by atoms with Gasteiger partial charge in [0.2, 0.25) is 17.7 Å². The van der Waals surface area contributed by atoms with Crippen molar-refractivity contribution in [2.45, 2.75) is 26.3 Å². The number of hydrogen-bond donors (Lipinski definition) is 2. The lowest BCUT2D eigenvalue weighted by Crippen LogP contribution is -2.36. The van der Waals surface area contributed by atoms with E-state index in [4.69, 9.17) is 4.74 Å². The third-order valence-electron chi connectivity index (χ3n) is 4.53. The first-order valence-corrected chi connectivity index (χ1v) is 9.60. The van der Waals surface area contributed by atoms with E-state index in [0.717, 1.165) is 17.7 Å². The van der Waals surface area contributed by atoms with Crippen LogP contribution in [-0.4, -0.2) is 42.4 Å². The van der Waals surface area contributed by atoms with Crippen LogP contribution in [0.15, 0.2) is 42.6 Å². The van der Waals surface area contributed by atoms with Gasteiger partial charge in [-0.25, -0.2) is 4.98 Å². The molecule has 0 atom stereocenters. The smallest absolute Gasteiger partial charge is 0.251 e. The normalized spacial score (nSPS) is 13.3. The van der Waals surface area contributed by atoms with Crippen LogP contribution in [0, 0.1) is 0 Å². The van der Waals surface area contributed by atoms with Crippen LogP contribution in [0.4, 0.5) is 5.69 Å². The average Bonchev–Trinajstić information content (AvgIpc) is 3.17. The van der Waals surface area contributed by atoms with E-state index >= 15 is 0 Å². The highest BCUT2D eigenvalue weighted by Gasteiger charge is 2.21. The van der Waals surface area contributed by atoms with Gasteiger partial charge in [0.05, 0.1) is 13.2 Å². The maximum absolute atomic E-state index is 12.3. The van der Waals surface area contributed by atoms with E-state index in [1.807, 2.05) is 13.0 Å². The van der Waals surface area contributed by atoms with Crippen molar-refractivity contribution < 1.29 is 19.1 Å². The summed E-state index contributed by atoms with van der Waals surface area (Å²) in [6.45, 7) is 3.17. The van der Waals surface area contributed by atoms with Gasteiger partial charge in [-0.2, -0.15) is 0 Å². The zero-order valence-corrected chi connectivity index (χ0v) is 16.3. The van der Waals surface area contributed by atoms with Crippen molar-refractivity contribution >= 4 is 23.4 Å². The summed E-state index contributed by atoms with van der Waals surface area (Å²) >= 11 is 0. The molecule has 152 valence electrons. The highest BCUT2D eigenvalue weighted by atomic mass is 16.5. The van der Waals surface area contributed by atoms with Crippen LogP contribution >= 0.6 is 0 Å². The molecular formula is C21H24N4O4. The fourth-order valence-corrected chi connectivity index (χ4v) is 3.06. The molecule has 2 aromatic rings. The predicted molar refractivity (Wildman–Crippen MR) is 108 cm³/mol. The summed E-state index contributed by atoms with van der Waals surface area (Å²) in [7, 11) is 0. The third-order valence-corrected chi connectivity index (χ3v) is 4.53. The fourth-order valence-electron chi connectivity index (χ4n) is 3.06. The lowest BCUT2D eigenvalue weighted by molar-refractivity contribution is -0.120. The summed E-state index contributed by atoms with van der Waals surface area (Å²) in [5.74, 6) is -0.0874. The van der Waals surface area contributed by atoms with Crippen LogP contribution in [0.2, 0.25) is 0 Å². The molecule has 8 heteroatoms. The average molecular weight is 396 g/mol. The predicted octanol–water partition coefficient (Wildman–Crippen LogP) is 1.65. The summed E-state index contributed by atoms with van der Waals surface area (Å²) in [5.41, 5.74) is 1.98. The molecular weight excluding hydrogens is 372 g/mol. The SMILES string of the molecule is CCOc1ncccc1CNC(=O)CNC(=O)c1ccc(N2CCCC2=O)cc1. The van der Waals surface area contributed by atoms with E-state index in [9.17, 15) is 14.4 Å². The minimum absolute atomic E-state index is 0.0972. The molecule has 2 heterocycles. The Morgan fingerprint density at radius 3 is 2.66 bits per heavy atom. The van der Waals surface area contributed by atoms with Gasteiger partial charge in [0.25, 0.3) is 5.91 Å². The molecule has 1 saturated heterocycles. The molecule has 0 spiro atoms. The van der Waals surface area contributed by atoms with Crippen LogP contribution in [0.5, 0.6) is 5.88 Å². The van der Waals surface area contributed by atoms with E-state index in [1.165, 1.54) is 0 Å². The summed E-state index contributed by atoms with van der Waals surface area (Å²) < 4.78 is 5.42. The standard InChI is InChI=1S/C21H24N4O4/c1-2-29-21-16(5-3-11-22-21)13-23-18(26)14-24-20(28)15-7-9-17(10-8-15)25-12-4-6-19(25)27/h3,5,7-11H,2,4,6,12-14H2,1H3,(H,23,26)(H,24,28). The Balaban J connectivity index is 1.47. The summed E-state index contributed by atoms with van der Waals surface area (Å²) in [6, 6.07) is 10.4. The molecule has 0 radical (unpaired) electrons. The Kier molecular flexibility index (Phi) is 6.78. The molecule has 1 fully saturated rings. The van der Waals surface area contributed by atoms with Crippen molar-refractivity contribution in [2.75, 3.05) is 24.6 Å². The molecule has 3 rings (SSSR count). The number of anilines is 1. The molecule has 0 aliphatic carbocycles. The number of carbonyl (C=O) groups excluding carboxylic acids is 3. The molecule has 2 N–H and O–H groups in total. The maximum Gasteiger partial charge on any atom is 0.251 e. The third kappa shape index (κ3) is 5.31. The summed E-state index contributed by atoms with van der Waals surface area (Å²) in [5, 5.41) is 5.33. The van der Waals surface area contributed by atoms with Crippen molar-refractivity contribution in [1.82, 2.24) is 15.6 Å². The number of nitrogens with zero attached hydrogens (tertiary/aromatic N) is 2. The minimum atomic E-state index is -0.351. The zero-order valence-electron chi connectivity index (χ0n) is 16.3. The van der Waals surface area contributed by atoms with E-state index in [0.29, 0.717) is 31.0 Å². The van der Waals surface area contributed by atoms with Gasteiger partial charge in [0, 0.05) is 42.5 Å². The minimum Gasteiger partial charge on any atom is -0.478 e. The number of aromatic nitrogens is 1. The highest BCUT2D eigenvalue weighted by Crippen LogP contribution is 2.21. The monoisotopic (exact) mass is 396 g/mol. The Morgan fingerprint density at radius 2 is 1.97 bits per heavy atom. The lowest BCUT2D eigenvalue weighted by atomic mass is 10.2. The molecule has 0 unspecified atom stereocenters. The van der Waals surface area contributed by atoms with Crippen LogP contribution in [0.3, 0.4) is 0 Å². The van der Waals surface area contributed by atoms with Gasteiger partial charge in [-0.3, -0.25) is 14.4 Å². The molecule has 1 aliphatic rings. The van der Waals surface area contributed by atoms with Gasteiger partial charge in [0.1, 0.15) is 0 Å². The molecule has 3 amide bonds. The summed E-state index contributed by atoms with van der Waals surface area (Å²) in [4.78, 5) is 41.9. The van der Waals surface area contributed by atoms with Crippen molar-refractivity contribution in [3.8, 4) is 5.88 Å². The van der Waals surface area contributed by atoms with Crippen molar-refractivity contribution in [3.05, 3.63) is 53.7 Å². The van der Waals surface area contributed by atoms with Gasteiger partial charge in [-0.1, -0.05) is 6.07 Å². The number of ether oxygens (including phenoxy) is 1. The zero-order chi connectivity index (χ0) is 20.6. The first kappa shape index (κ1) is 20.3.